The van der Waals surface area contributed by atoms with Crippen LogP contribution in [0.25, 0.3) is 0 Å². The zero-order valence-corrected chi connectivity index (χ0v) is 12.3. The van der Waals surface area contributed by atoms with Crippen LogP contribution >= 0.6 is 0 Å². The fourth-order valence-corrected chi connectivity index (χ4v) is 2.67. The fourth-order valence-electron chi connectivity index (χ4n) is 2.67. The third-order valence-corrected chi connectivity index (χ3v) is 3.75. The number of carbonyl (C=O) groups is 2. The second-order valence-corrected chi connectivity index (χ2v) is 5.47. The highest BCUT2D eigenvalue weighted by Crippen LogP contribution is 2.16. The standard InChI is InChI=1S/C16H22N2O3/c1-2-3-14(9-15(19)20)18-16(21)12-5-4-11-6-7-17-10-13(11)8-12/h4-5,8,14,17H,2-3,6-7,9-10H2,1H3,(H,18,21)(H,19,20). The van der Waals surface area contributed by atoms with Gasteiger partial charge in [-0.3, -0.25) is 9.59 Å². The number of amides is 1. The number of hydrogen-bond acceptors (Lipinski definition) is 3. The molecule has 2 rings (SSSR count). The average Bonchev–Trinajstić information content (AvgIpc) is 2.46. The number of fused-ring (bicyclic) bond motifs is 1. The van der Waals surface area contributed by atoms with Gasteiger partial charge in [0, 0.05) is 18.2 Å². The van der Waals surface area contributed by atoms with Crippen molar-refractivity contribution in [2.45, 2.75) is 45.2 Å². The van der Waals surface area contributed by atoms with Crippen molar-refractivity contribution in [1.29, 1.82) is 0 Å². The van der Waals surface area contributed by atoms with Gasteiger partial charge in [-0.15, -0.1) is 0 Å². The Kier molecular flexibility index (Phi) is 5.33. The molecule has 1 heterocycles. The molecule has 114 valence electrons. The van der Waals surface area contributed by atoms with E-state index in [-0.39, 0.29) is 18.4 Å². The molecule has 5 heteroatoms. The first-order valence-corrected chi connectivity index (χ1v) is 7.45. The van der Waals surface area contributed by atoms with E-state index in [9.17, 15) is 9.59 Å². The molecule has 0 radical (unpaired) electrons. The molecule has 1 amide bonds. The third kappa shape index (κ3) is 4.29. The van der Waals surface area contributed by atoms with Crippen LogP contribution in [0.4, 0.5) is 0 Å². The van der Waals surface area contributed by atoms with Crippen LogP contribution in [-0.4, -0.2) is 29.6 Å². The lowest BCUT2D eigenvalue weighted by atomic mass is 9.98. The van der Waals surface area contributed by atoms with Crippen LogP contribution in [0.3, 0.4) is 0 Å². The minimum atomic E-state index is -0.886. The van der Waals surface area contributed by atoms with Crippen LogP contribution in [0.15, 0.2) is 18.2 Å². The van der Waals surface area contributed by atoms with Gasteiger partial charge in [0.15, 0.2) is 0 Å². The van der Waals surface area contributed by atoms with Gasteiger partial charge in [-0.1, -0.05) is 19.4 Å². The normalized spacial score (nSPS) is 15.1. The van der Waals surface area contributed by atoms with E-state index in [4.69, 9.17) is 5.11 Å². The Morgan fingerprint density at radius 2 is 2.19 bits per heavy atom. The van der Waals surface area contributed by atoms with Gasteiger partial charge in [-0.05, 0) is 42.6 Å². The zero-order valence-electron chi connectivity index (χ0n) is 12.3. The molecular weight excluding hydrogens is 268 g/mol. The first kappa shape index (κ1) is 15.5. The minimum Gasteiger partial charge on any atom is -0.481 e. The third-order valence-electron chi connectivity index (χ3n) is 3.75. The molecule has 1 atom stereocenters. The molecule has 1 aromatic carbocycles. The highest BCUT2D eigenvalue weighted by atomic mass is 16.4. The van der Waals surface area contributed by atoms with Gasteiger partial charge in [0.1, 0.15) is 0 Å². The van der Waals surface area contributed by atoms with E-state index in [2.05, 4.69) is 10.6 Å². The summed E-state index contributed by atoms with van der Waals surface area (Å²) in [5, 5.41) is 15.0. The van der Waals surface area contributed by atoms with Crippen molar-refractivity contribution in [3.05, 3.63) is 34.9 Å². The Morgan fingerprint density at radius 1 is 1.38 bits per heavy atom. The highest BCUT2D eigenvalue weighted by Gasteiger charge is 2.17. The molecule has 0 aliphatic carbocycles. The van der Waals surface area contributed by atoms with Gasteiger partial charge in [-0.25, -0.2) is 0 Å². The van der Waals surface area contributed by atoms with Gasteiger partial charge >= 0.3 is 5.97 Å². The lowest BCUT2D eigenvalue weighted by molar-refractivity contribution is -0.137. The summed E-state index contributed by atoms with van der Waals surface area (Å²) in [6, 6.07) is 5.41. The highest BCUT2D eigenvalue weighted by molar-refractivity contribution is 5.94. The molecule has 1 aromatic rings. The smallest absolute Gasteiger partial charge is 0.305 e. The summed E-state index contributed by atoms with van der Waals surface area (Å²) >= 11 is 0. The molecule has 0 bridgehead atoms. The summed E-state index contributed by atoms with van der Waals surface area (Å²) in [7, 11) is 0. The second kappa shape index (κ2) is 7.22. The number of carbonyl (C=O) groups excluding carboxylic acids is 1. The maximum atomic E-state index is 12.3. The quantitative estimate of drug-likeness (QED) is 0.745. The molecule has 1 aliphatic heterocycles. The van der Waals surface area contributed by atoms with Crippen LogP contribution < -0.4 is 10.6 Å². The molecule has 3 N–H and O–H groups in total. The predicted molar refractivity (Wildman–Crippen MR) is 80.3 cm³/mol. The van der Waals surface area contributed by atoms with Crippen molar-refractivity contribution in [1.82, 2.24) is 10.6 Å². The van der Waals surface area contributed by atoms with E-state index in [1.807, 2.05) is 25.1 Å². The summed E-state index contributed by atoms with van der Waals surface area (Å²) in [6.45, 7) is 3.73. The molecular formula is C16H22N2O3. The Hall–Kier alpha value is -1.88. The maximum Gasteiger partial charge on any atom is 0.305 e. The molecule has 21 heavy (non-hydrogen) atoms. The Bertz CT molecular complexity index is 528. The summed E-state index contributed by atoms with van der Waals surface area (Å²) < 4.78 is 0. The van der Waals surface area contributed by atoms with Gasteiger partial charge in [0.2, 0.25) is 0 Å². The van der Waals surface area contributed by atoms with Crippen LogP contribution in [0, 0.1) is 0 Å². The fraction of sp³-hybridized carbons (Fsp3) is 0.500. The lowest BCUT2D eigenvalue weighted by Gasteiger charge is -2.19. The number of aliphatic carboxylic acids is 1. The number of rotatable bonds is 6. The molecule has 0 spiro atoms. The minimum absolute atomic E-state index is 0.0356. The van der Waals surface area contributed by atoms with Crippen LogP contribution in [0.2, 0.25) is 0 Å². The van der Waals surface area contributed by atoms with Crippen LogP contribution in [0.5, 0.6) is 0 Å². The predicted octanol–water partition coefficient (Wildman–Crippen LogP) is 1.71. The summed E-state index contributed by atoms with van der Waals surface area (Å²) in [4.78, 5) is 23.1. The van der Waals surface area contributed by atoms with Crippen molar-refractivity contribution in [2.24, 2.45) is 0 Å². The molecule has 5 nitrogen and oxygen atoms in total. The first-order valence-electron chi connectivity index (χ1n) is 7.45. The van der Waals surface area contributed by atoms with E-state index in [1.165, 1.54) is 5.56 Å². The van der Waals surface area contributed by atoms with Crippen molar-refractivity contribution in [3.8, 4) is 0 Å². The maximum absolute atomic E-state index is 12.3. The van der Waals surface area contributed by atoms with Crippen molar-refractivity contribution in [3.63, 3.8) is 0 Å². The molecule has 0 saturated carbocycles. The van der Waals surface area contributed by atoms with Gasteiger partial charge in [-0.2, -0.15) is 0 Å². The number of carboxylic acids is 1. The van der Waals surface area contributed by atoms with E-state index >= 15 is 0 Å². The zero-order chi connectivity index (χ0) is 15.2. The lowest BCUT2D eigenvalue weighted by Crippen LogP contribution is -2.36. The van der Waals surface area contributed by atoms with Crippen molar-refractivity contribution in [2.75, 3.05) is 6.54 Å². The van der Waals surface area contributed by atoms with Gasteiger partial charge < -0.3 is 15.7 Å². The molecule has 0 aromatic heterocycles. The Morgan fingerprint density at radius 3 is 2.90 bits per heavy atom. The van der Waals surface area contributed by atoms with E-state index in [0.717, 1.165) is 31.5 Å². The topological polar surface area (TPSA) is 78.4 Å². The number of hydrogen-bond donors (Lipinski definition) is 3. The first-order chi connectivity index (χ1) is 10.1. The summed E-state index contributed by atoms with van der Waals surface area (Å²) in [5.74, 6) is -1.08. The van der Waals surface area contributed by atoms with Crippen LogP contribution in [0.1, 0.15) is 47.7 Å². The van der Waals surface area contributed by atoms with Crippen molar-refractivity contribution < 1.29 is 14.7 Å². The van der Waals surface area contributed by atoms with Gasteiger partial charge in [0.05, 0.1) is 6.42 Å². The van der Waals surface area contributed by atoms with E-state index in [1.54, 1.807) is 0 Å². The number of carboxylic acid groups (broad SMARTS) is 1. The van der Waals surface area contributed by atoms with E-state index < -0.39 is 5.97 Å². The second-order valence-electron chi connectivity index (χ2n) is 5.47. The number of nitrogens with one attached hydrogen (secondary N) is 2. The summed E-state index contributed by atoms with van der Waals surface area (Å²) in [6.07, 6.45) is 2.46. The monoisotopic (exact) mass is 290 g/mol. The Balaban J connectivity index is 2.06. The van der Waals surface area contributed by atoms with Crippen molar-refractivity contribution >= 4 is 11.9 Å². The molecule has 0 saturated heterocycles. The molecule has 1 unspecified atom stereocenters. The largest absolute Gasteiger partial charge is 0.481 e. The molecule has 0 fully saturated rings. The van der Waals surface area contributed by atoms with Gasteiger partial charge in [0.25, 0.3) is 5.91 Å². The average molecular weight is 290 g/mol. The van der Waals surface area contributed by atoms with E-state index in [0.29, 0.717) is 12.0 Å². The Labute approximate surface area is 124 Å². The SMILES string of the molecule is CCCC(CC(=O)O)NC(=O)c1ccc2c(c1)CNCC2. The number of benzene rings is 1. The molecule has 1 aliphatic rings. The van der Waals surface area contributed by atoms with Crippen LogP contribution in [-0.2, 0) is 17.8 Å². The summed E-state index contributed by atoms with van der Waals surface area (Å²) in [5.41, 5.74) is 3.03.